The van der Waals surface area contributed by atoms with Gasteiger partial charge < -0.3 is 15.4 Å². The Morgan fingerprint density at radius 2 is 2.05 bits per heavy atom. The summed E-state index contributed by atoms with van der Waals surface area (Å²) in [5.41, 5.74) is 6.46. The number of carbonyl (C=O) groups excluding carboxylic acids is 1. The molecule has 4 heteroatoms. The molecule has 1 aliphatic heterocycles. The first kappa shape index (κ1) is 14.4. The molecule has 114 valence electrons. The maximum absolute atomic E-state index is 12.6. The van der Waals surface area contributed by atoms with E-state index in [1.165, 1.54) is 6.42 Å². The van der Waals surface area contributed by atoms with Gasteiger partial charge in [0.15, 0.2) is 0 Å². The summed E-state index contributed by atoms with van der Waals surface area (Å²) in [6.07, 6.45) is 4.93. The van der Waals surface area contributed by atoms with E-state index < -0.39 is 0 Å². The van der Waals surface area contributed by atoms with Crippen molar-refractivity contribution in [1.29, 1.82) is 0 Å². The van der Waals surface area contributed by atoms with Crippen LogP contribution in [0.5, 0.6) is 5.75 Å². The third-order valence-electron chi connectivity index (χ3n) is 4.71. The number of amides is 1. The summed E-state index contributed by atoms with van der Waals surface area (Å²) < 4.78 is 5.82. The maximum atomic E-state index is 12.6. The van der Waals surface area contributed by atoms with E-state index >= 15 is 0 Å². The summed E-state index contributed by atoms with van der Waals surface area (Å²) in [5, 5.41) is 0. The minimum absolute atomic E-state index is 0.105. The van der Waals surface area contributed by atoms with Gasteiger partial charge in [-0.15, -0.1) is 0 Å². The molecule has 1 saturated carbocycles. The number of ether oxygens (including phenoxy) is 1. The van der Waals surface area contributed by atoms with Gasteiger partial charge in [-0.1, -0.05) is 0 Å². The summed E-state index contributed by atoms with van der Waals surface area (Å²) in [7, 11) is 0. The quantitative estimate of drug-likeness (QED) is 0.925. The third-order valence-corrected chi connectivity index (χ3v) is 4.71. The van der Waals surface area contributed by atoms with E-state index in [2.05, 4.69) is 6.92 Å². The monoisotopic (exact) mass is 288 g/mol. The molecular formula is C17H24N2O2. The fraction of sp³-hybridized carbons (Fsp3) is 0.588. The van der Waals surface area contributed by atoms with Gasteiger partial charge in [0.2, 0.25) is 0 Å². The zero-order chi connectivity index (χ0) is 14.8. The van der Waals surface area contributed by atoms with E-state index in [9.17, 15) is 4.79 Å². The molecule has 0 bridgehead atoms. The van der Waals surface area contributed by atoms with E-state index in [-0.39, 0.29) is 11.9 Å². The molecule has 1 amide bonds. The topological polar surface area (TPSA) is 55.6 Å². The van der Waals surface area contributed by atoms with Crippen molar-refractivity contribution in [2.75, 3.05) is 13.1 Å². The number of hydrogen-bond donors (Lipinski definition) is 1. The van der Waals surface area contributed by atoms with Gasteiger partial charge >= 0.3 is 0 Å². The van der Waals surface area contributed by atoms with Crippen molar-refractivity contribution in [1.82, 2.24) is 4.90 Å². The van der Waals surface area contributed by atoms with Crippen LogP contribution < -0.4 is 10.5 Å². The second-order valence-corrected chi connectivity index (χ2v) is 6.34. The van der Waals surface area contributed by atoms with Gasteiger partial charge in [0.05, 0.1) is 6.10 Å². The summed E-state index contributed by atoms with van der Waals surface area (Å²) >= 11 is 0. The molecule has 21 heavy (non-hydrogen) atoms. The molecular weight excluding hydrogens is 264 g/mol. The molecule has 2 unspecified atom stereocenters. The Bertz CT molecular complexity index is 496. The van der Waals surface area contributed by atoms with Gasteiger partial charge in [-0.3, -0.25) is 4.79 Å². The summed E-state index contributed by atoms with van der Waals surface area (Å²) in [6.45, 7) is 3.53. The Kier molecular flexibility index (Phi) is 4.15. The average molecular weight is 288 g/mol. The van der Waals surface area contributed by atoms with Crippen LogP contribution in [0.2, 0.25) is 0 Å². The van der Waals surface area contributed by atoms with Crippen molar-refractivity contribution < 1.29 is 9.53 Å². The molecule has 0 spiro atoms. The van der Waals surface area contributed by atoms with Gasteiger partial charge in [0.25, 0.3) is 5.91 Å². The molecule has 2 aliphatic rings. The zero-order valence-corrected chi connectivity index (χ0v) is 12.6. The van der Waals surface area contributed by atoms with E-state index in [0.29, 0.717) is 18.6 Å². The fourth-order valence-electron chi connectivity index (χ4n) is 3.12. The van der Waals surface area contributed by atoms with Crippen LogP contribution in [0.4, 0.5) is 0 Å². The highest BCUT2D eigenvalue weighted by atomic mass is 16.5. The molecule has 1 aliphatic carbocycles. The van der Waals surface area contributed by atoms with Crippen molar-refractivity contribution in [3.63, 3.8) is 0 Å². The number of nitrogens with zero attached hydrogens (tertiary/aromatic N) is 1. The van der Waals surface area contributed by atoms with Crippen molar-refractivity contribution in [3.05, 3.63) is 29.8 Å². The molecule has 3 rings (SSSR count). The van der Waals surface area contributed by atoms with E-state index in [1.807, 2.05) is 29.2 Å². The molecule has 1 saturated heterocycles. The maximum Gasteiger partial charge on any atom is 0.254 e. The highest BCUT2D eigenvalue weighted by Crippen LogP contribution is 2.27. The first-order valence-electron chi connectivity index (χ1n) is 7.95. The lowest BCUT2D eigenvalue weighted by atomic mass is 9.96. The van der Waals surface area contributed by atoms with Gasteiger partial charge in [0.1, 0.15) is 5.75 Å². The van der Waals surface area contributed by atoms with Crippen molar-refractivity contribution in [2.45, 2.75) is 44.8 Å². The second kappa shape index (κ2) is 6.06. The van der Waals surface area contributed by atoms with Crippen LogP contribution in [0.1, 0.15) is 43.0 Å². The average Bonchev–Trinajstić information content (AvgIpc) is 2.84. The molecule has 2 fully saturated rings. The highest BCUT2D eigenvalue weighted by molar-refractivity contribution is 5.94. The van der Waals surface area contributed by atoms with Gasteiger partial charge in [-0.25, -0.2) is 0 Å². The number of hydrogen-bond acceptors (Lipinski definition) is 3. The standard InChI is InChI=1S/C17H24N2O2/c1-12-9-13(10-18)11-19(12)17(20)14-5-7-16(8-6-14)21-15-3-2-4-15/h5-8,12-13,15H,2-4,9-11,18H2,1H3. The third kappa shape index (κ3) is 3.05. The van der Waals surface area contributed by atoms with Gasteiger partial charge in [0, 0.05) is 18.2 Å². The first-order chi connectivity index (χ1) is 10.2. The van der Waals surface area contributed by atoms with Crippen LogP contribution in [0.15, 0.2) is 24.3 Å². The Balaban J connectivity index is 1.64. The van der Waals surface area contributed by atoms with Crippen LogP contribution in [-0.2, 0) is 0 Å². The van der Waals surface area contributed by atoms with Crippen LogP contribution in [0.25, 0.3) is 0 Å². The number of carbonyl (C=O) groups is 1. The van der Waals surface area contributed by atoms with E-state index in [4.69, 9.17) is 10.5 Å². The van der Waals surface area contributed by atoms with Crippen LogP contribution in [-0.4, -0.2) is 36.0 Å². The lowest BCUT2D eigenvalue weighted by Crippen LogP contribution is -2.34. The van der Waals surface area contributed by atoms with Crippen LogP contribution in [0, 0.1) is 5.92 Å². The summed E-state index contributed by atoms with van der Waals surface area (Å²) in [6, 6.07) is 7.84. The largest absolute Gasteiger partial charge is 0.490 e. The molecule has 4 nitrogen and oxygen atoms in total. The van der Waals surface area contributed by atoms with Crippen LogP contribution >= 0.6 is 0 Å². The molecule has 1 heterocycles. The number of benzene rings is 1. The Morgan fingerprint density at radius 1 is 1.33 bits per heavy atom. The fourth-order valence-corrected chi connectivity index (χ4v) is 3.12. The minimum Gasteiger partial charge on any atom is -0.490 e. The lowest BCUT2D eigenvalue weighted by molar-refractivity contribution is 0.0743. The molecule has 1 aromatic rings. The molecule has 2 N–H and O–H groups in total. The van der Waals surface area contributed by atoms with E-state index in [0.717, 1.165) is 37.1 Å². The summed E-state index contributed by atoms with van der Waals surface area (Å²) in [5.74, 6) is 1.41. The Hall–Kier alpha value is -1.55. The number of nitrogens with two attached hydrogens (primary N) is 1. The van der Waals surface area contributed by atoms with Crippen LogP contribution in [0.3, 0.4) is 0 Å². The predicted molar refractivity (Wildman–Crippen MR) is 82.4 cm³/mol. The highest BCUT2D eigenvalue weighted by Gasteiger charge is 2.32. The minimum atomic E-state index is 0.105. The SMILES string of the molecule is CC1CC(CN)CN1C(=O)c1ccc(OC2CCC2)cc1. The Morgan fingerprint density at radius 3 is 2.57 bits per heavy atom. The Labute approximate surface area is 126 Å². The molecule has 0 radical (unpaired) electrons. The second-order valence-electron chi connectivity index (χ2n) is 6.34. The van der Waals surface area contributed by atoms with Crippen molar-refractivity contribution in [2.24, 2.45) is 11.7 Å². The molecule has 1 aromatic carbocycles. The lowest BCUT2D eigenvalue weighted by Gasteiger charge is -2.26. The molecule has 0 aromatic heterocycles. The smallest absolute Gasteiger partial charge is 0.254 e. The van der Waals surface area contributed by atoms with Gasteiger partial charge in [-0.2, -0.15) is 0 Å². The summed E-state index contributed by atoms with van der Waals surface area (Å²) in [4.78, 5) is 14.5. The van der Waals surface area contributed by atoms with E-state index in [1.54, 1.807) is 0 Å². The molecule has 2 atom stereocenters. The number of likely N-dealkylation sites (tertiary alicyclic amines) is 1. The van der Waals surface area contributed by atoms with Crippen molar-refractivity contribution >= 4 is 5.91 Å². The first-order valence-corrected chi connectivity index (χ1v) is 7.95. The zero-order valence-electron chi connectivity index (χ0n) is 12.6. The number of rotatable bonds is 4. The predicted octanol–water partition coefficient (Wildman–Crippen LogP) is 2.43. The van der Waals surface area contributed by atoms with Crippen molar-refractivity contribution in [3.8, 4) is 5.75 Å². The normalized spacial score (nSPS) is 25.7. The van der Waals surface area contributed by atoms with Gasteiger partial charge in [-0.05, 0) is 69.3 Å².